The number of anilines is 1. The number of alkyl halides is 2. The number of esters is 1. The topological polar surface area (TPSA) is 68.3 Å². The number of thiazole rings is 1. The molecule has 0 spiro atoms. The Morgan fingerprint density at radius 2 is 2.17 bits per heavy atom. The minimum atomic E-state index is -2.54. The summed E-state index contributed by atoms with van der Waals surface area (Å²) in [5.41, 5.74) is -0.133. The molecule has 0 atom stereocenters. The Kier molecular flexibility index (Phi) is 5.14. The Bertz CT molecular complexity index is 448. The van der Waals surface area contributed by atoms with E-state index < -0.39 is 18.9 Å². The van der Waals surface area contributed by atoms with Crippen molar-refractivity contribution in [3.63, 3.8) is 0 Å². The molecule has 0 bridgehead atoms. The van der Waals surface area contributed by atoms with Crippen molar-refractivity contribution >= 4 is 28.2 Å². The number of nitrogens with zero attached hydrogens (tertiary/aromatic N) is 1. The molecule has 0 aromatic carbocycles. The average Bonchev–Trinajstić information content (AvgIpc) is 2.71. The van der Waals surface area contributed by atoms with Crippen LogP contribution in [0, 0.1) is 0 Å². The van der Waals surface area contributed by atoms with Crippen molar-refractivity contribution in [2.24, 2.45) is 0 Å². The maximum Gasteiger partial charge on any atom is 0.358 e. The third-order valence-corrected chi connectivity index (χ3v) is 2.94. The fourth-order valence-electron chi connectivity index (χ4n) is 1.14. The van der Waals surface area contributed by atoms with Crippen molar-refractivity contribution in [2.45, 2.75) is 20.3 Å². The fraction of sp³-hybridized carbons (Fsp3) is 0.500. The standard InChI is InChI=1S/C10H12F2N2O3S/c1-3-17-9(16)7-8(5(2)15)18-10(14-7)13-4-6(11)12/h6H,3-4H2,1-2H3,(H,13,14). The highest BCUT2D eigenvalue weighted by atomic mass is 32.1. The van der Waals surface area contributed by atoms with E-state index in [1.165, 1.54) is 6.92 Å². The van der Waals surface area contributed by atoms with Crippen LogP contribution in [-0.4, -0.2) is 36.3 Å². The van der Waals surface area contributed by atoms with Gasteiger partial charge in [0.05, 0.1) is 13.2 Å². The highest BCUT2D eigenvalue weighted by Gasteiger charge is 2.22. The lowest BCUT2D eigenvalue weighted by molar-refractivity contribution is 0.0517. The summed E-state index contributed by atoms with van der Waals surface area (Å²) in [5.74, 6) is -1.09. The Balaban J connectivity index is 2.93. The van der Waals surface area contributed by atoms with Crippen molar-refractivity contribution in [1.82, 2.24) is 4.98 Å². The number of carbonyl (C=O) groups excluding carboxylic acids is 2. The molecule has 0 aliphatic rings. The number of carbonyl (C=O) groups is 2. The molecule has 8 heteroatoms. The van der Waals surface area contributed by atoms with Crippen LogP contribution >= 0.6 is 11.3 Å². The summed E-state index contributed by atoms with van der Waals surface area (Å²) in [6.07, 6.45) is -2.54. The average molecular weight is 278 g/mol. The van der Waals surface area contributed by atoms with Gasteiger partial charge in [0.2, 0.25) is 0 Å². The van der Waals surface area contributed by atoms with Gasteiger partial charge in [-0.05, 0) is 6.92 Å². The highest BCUT2D eigenvalue weighted by Crippen LogP contribution is 2.24. The fourth-order valence-corrected chi connectivity index (χ4v) is 1.99. The molecule has 1 heterocycles. The van der Waals surface area contributed by atoms with E-state index in [-0.39, 0.29) is 28.1 Å². The third-order valence-electron chi connectivity index (χ3n) is 1.82. The van der Waals surface area contributed by atoms with Crippen molar-refractivity contribution in [1.29, 1.82) is 0 Å². The van der Waals surface area contributed by atoms with Gasteiger partial charge in [0.25, 0.3) is 6.43 Å². The zero-order chi connectivity index (χ0) is 13.7. The lowest BCUT2D eigenvalue weighted by Gasteiger charge is -2.00. The molecule has 1 rings (SSSR count). The summed E-state index contributed by atoms with van der Waals surface area (Å²) >= 11 is 0.858. The van der Waals surface area contributed by atoms with Gasteiger partial charge in [-0.1, -0.05) is 11.3 Å². The first-order chi connectivity index (χ1) is 8.45. The van der Waals surface area contributed by atoms with E-state index in [2.05, 4.69) is 10.3 Å². The smallest absolute Gasteiger partial charge is 0.358 e. The number of ether oxygens (including phenoxy) is 1. The molecule has 18 heavy (non-hydrogen) atoms. The largest absolute Gasteiger partial charge is 0.461 e. The lowest BCUT2D eigenvalue weighted by Crippen LogP contribution is -2.11. The minimum absolute atomic E-state index is 0.101. The number of ketones is 1. The van der Waals surface area contributed by atoms with Crippen LogP contribution in [0.5, 0.6) is 0 Å². The van der Waals surface area contributed by atoms with Crippen molar-refractivity contribution in [3.05, 3.63) is 10.6 Å². The second-order valence-corrected chi connectivity index (χ2v) is 4.24. The number of hydrogen-bond donors (Lipinski definition) is 1. The maximum atomic E-state index is 12.0. The molecule has 1 N–H and O–H groups in total. The molecule has 5 nitrogen and oxygen atoms in total. The lowest BCUT2D eigenvalue weighted by atomic mass is 10.3. The van der Waals surface area contributed by atoms with E-state index in [1.54, 1.807) is 6.92 Å². The normalized spacial score (nSPS) is 10.5. The molecule has 0 saturated carbocycles. The molecule has 0 aliphatic heterocycles. The van der Waals surface area contributed by atoms with Crippen LogP contribution in [0.15, 0.2) is 0 Å². The first-order valence-corrected chi connectivity index (χ1v) is 5.98. The first-order valence-electron chi connectivity index (χ1n) is 5.16. The zero-order valence-corrected chi connectivity index (χ0v) is 10.6. The molecule has 1 aromatic rings. The number of aromatic nitrogens is 1. The molecule has 0 unspecified atom stereocenters. The van der Waals surface area contributed by atoms with Gasteiger partial charge in [0.1, 0.15) is 4.88 Å². The summed E-state index contributed by atoms with van der Waals surface area (Å²) < 4.78 is 28.8. The van der Waals surface area contributed by atoms with Crippen LogP contribution in [0.25, 0.3) is 0 Å². The van der Waals surface area contributed by atoms with Crippen molar-refractivity contribution < 1.29 is 23.1 Å². The Hall–Kier alpha value is -1.57. The predicted molar refractivity (Wildman–Crippen MR) is 62.6 cm³/mol. The molecule has 1 aromatic heterocycles. The van der Waals surface area contributed by atoms with E-state index in [4.69, 9.17) is 4.74 Å². The molecule has 0 fully saturated rings. The third kappa shape index (κ3) is 3.73. The summed E-state index contributed by atoms with van der Waals surface area (Å²) in [6, 6.07) is 0. The van der Waals surface area contributed by atoms with E-state index in [9.17, 15) is 18.4 Å². The van der Waals surface area contributed by atoms with E-state index in [1.807, 2.05) is 0 Å². The summed E-state index contributed by atoms with van der Waals surface area (Å²) in [7, 11) is 0. The Morgan fingerprint density at radius 1 is 1.50 bits per heavy atom. The number of rotatable bonds is 6. The molecular formula is C10H12F2N2O3S. The first kappa shape index (κ1) is 14.5. The van der Waals surface area contributed by atoms with E-state index in [0.29, 0.717) is 0 Å². The molecule has 100 valence electrons. The van der Waals surface area contributed by atoms with Crippen LogP contribution in [0.4, 0.5) is 13.9 Å². The van der Waals surface area contributed by atoms with Gasteiger partial charge in [0, 0.05) is 6.92 Å². The van der Waals surface area contributed by atoms with Gasteiger partial charge in [-0.3, -0.25) is 4.79 Å². The number of halogens is 2. The van der Waals surface area contributed by atoms with Crippen molar-refractivity contribution in [2.75, 3.05) is 18.5 Å². The number of hydrogen-bond acceptors (Lipinski definition) is 6. The monoisotopic (exact) mass is 278 g/mol. The van der Waals surface area contributed by atoms with Gasteiger partial charge < -0.3 is 10.1 Å². The Morgan fingerprint density at radius 3 is 2.67 bits per heavy atom. The van der Waals surface area contributed by atoms with Crippen molar-refractivity contribution in [3.8, 4) is 0 Å². The minimum Gasteiger partial charge on any atom is -0.461 e. The van der Waals surface area contributed by atoms with Crippen LogP contribution in [0.2, 0.25) is 0 Å². The molecule has 0 radical (unpaired) electrons. The second kappa shape index (κ2) is 6.39. The molecular weight excluding hydrogens is 266 g/mol. The molecule has 0 aliphatic carbocycles. The maximum absolute atomic E-state index is 12.0. The van der Waals surface area contributed by atoms with Gasteiger partial charge in [-0.25, -0.2) is 18.6 Å². The quantitative estimate of drug-likeness (QED) is 0.638. The molecule has 0 amide bonds. The van der Waals surface area contributed by atoms with Crippen LogP contribution in [-0.2, 0) is 4.74 Å². The van der Waals surface area contributed by atoms with Gasteiger partial charge in [0.15, 0.2) is 16.6 Å². The van der Waals surface area contributed by atoms with Crippen LogP contribution < -0.4 is 5.32 Å². The summed E-state index contributed by atoms with van der Waals surface area (Å²) in [4.78, 5) is 26.7. The summed E-state index contributed by atoms with van der Waals surface area (Å²) in [5, 5.41) is 2.45. The second-order valence-electron chi connectivity index (χ2n) is 3.25. The number of nitrogens with one attached hydrogen (secondary N) is 1. The number of Topliss-reactive ketones (excluding diaryl/α,β-unsaturated/α-hetero) is 1. The summed E-state index contributed by atoms with van der Waals surface area (Å²) in [6.45, 7) is 2.45. The SMILES string of the molecule is CCOC(=O)c1nc(NCC(F)F)sc1C(C)=O. The van der Waals surface area contributed by atoms with Gasteiger partial charge >= 0.3 is 5.97 Å². The highest BCUT2D eigenvalue weighted by molar-refractivity contribution is 7.17. The van der Waals surface area contributed by atoms with Crippen LogP contribution in [0.1, 0.15) is 34.0 Å². The van der Waals surface area contributed by atoms with E-state index >= 15 is 0 Å². The van der Waals surface area contributed by atoms with Crippen LogP contribution in [0.3, 0.4) is 0 Å². The molecule has 0 saturated heterocycles. The van der Waals surface area contributed by atoms with Gasteiger partial charge in [-0.2, -0.15) is 0 Å². The van der Waals surface area contributed by atoms with E-state index in [0.717, 1.165) is 11.3 Å². The zero-order valence-electron chi connectivity index (χ0n) is 9.83. The van der Waals surface area contributed by atoms with Gasteiger partial charge in [-0.15, -0.1) is 0 Å². The predicted octanol–water partition coefficient (Wildman–Crippen LogP) is 2.20. The Labute approximate surface area is 106 Å².